The third-order valence-corrected chi connectivity index (χ3v) is 2.75. The number of carbonyl (C=O) groups excluding carboxylic acids is 1. The molecular formula is C12H11N3O. The largest absolute Gasteiger partial charge is 0.298 e. The van der Waals surface area contributed by atoms with E-state index in [0.29, 0.717) is 11.6 Å². The fourth-order valence-corrected chi connectivity index (χ4v) is 1.83. The number of hydrogen-bond donors (Lipinski definition) is 0. The minimum Gasteiger partial charge on any atom is -0.298 e. The molecule has 0 saturated heterocycles. The first-order chi connectivity index (χ1) is 7.90. The number of hydrogen-bond acceptors (Lipinski definition) is 3. The maximum absolute atomic E-state index is 11.0. The lowest BCUT2D eigenvalue weighted by Gasteiger charge is -2.05. The van der Waals surface area contributed by atoms with Gasteiger partial charge >= 0.3 is 0 Å². The van der Waals surface area contributed by atoms with Gasteiger partial charge in [0, 0.05) is 6.20 Å². The smallest absolute Gasteiger partial charge is 0.153 e. The molecule has 1 aliphatic carbocycles. The van der Waals surface area contributed by atoms with Gasteiger partial charge in [-0.05, 0) is 25.0 Å². The summed E-state index contributed by atoms with van der Waals surface area (Å²) >= 11 is 0. The molecule has 0 spiro atoms. The van der Waals surface area contributed by atoms with Gasteiger partial charge in [-0.25, -0.2) is 0 Å². The Morgan fingerprint density at radius 2 is 2.25 bits per heavy atom. The Labute approximate surface area is 92.9 Å². The predicted molar refractivity (Wildman–Crippen MR) is 59.1 cm³/mol. The second kappa shape index (κ2) is 3.56. The molecule has 16 heavy (non-hydrogen) atoms. The van der Waals surface area contributed by atoms with Gasteiger partial charge in [0.05, 0.1) is 29.2 Å². The van der Waals surface area contributed by atoms with Gasteiger partial charge in [0.25, 0.3) is 0 Å². The molecular weight excluding hydrogens is 202 g/mol. The normalized spacial score (nSPS) is 15.0. The first-order valence-corrected chi connectivity index (χ1v) is 5.34. The lowest BCUT2D eigenvalue weighted by Crippen LogP contribution is -2.00. The summed E-state index contributed by atoms with van der Waals surface area (Å²) in [5.41, 5.74) is 2.28. The van der Waals surface area contributed by atoms with Crippen molar-refractivity contribution in [3.63, 3.8) is 0 Å². The quantitative estimate of drug-likeness (QED) is 0.733. The number of pyridine rings is 1. The molecule has 0 N–H and O–H groups in total. The molecule has 80 valence electrons. The first kappa shape index (κ1) is 9.27. The van der Waals surface area contributed by atoms with Crippen molar-refractivity contribution in [2.45, 2.75) is 18.9 Å². The van der Waals surface area contributed by atoms with Crippen molar-refractivity contribution in [3.8, 4) is 11.4 Å². The highest BCUT2D eigenvalue weighted by atomic mass is 16.1. The Morgan fingerprint density at radius 3 is 2.88 bits per heavy atom. The van der Waals surface area contributed by atoms with Gasteiger partial charge in [-0.15, -0.1) is 0 Å². The number of rotatable bonds is 3. The van der Waals surface area contributed by atoms with Crippen molar-refractivity contribution in [1.82, 2.24) is 14.8 Å². The molecule has 0 unspecified atom stereocenters. The summed E-state index contributed by atoms with van der Waals surface area (Å²) in [4.78, 5) is 15.3. The minimum atomic E-state index is 0.450. The summed E-state index contributed by atoms with van der Waals surface area (Å²) in [6, 6.07) is 6.14. The van der Waals surface area contributed by atoms with Crippen LogP contribution in [0.4, 0.5) is 0 Å². The van der Waals surface area contributed by atoms with Gasteiger partial charge in [-0.2, -0.15) is 5.10 Å². The third-order valence-electron chi connectivity index (χ3n) is 2.75. The van der Waals surface area contributed by atoms with Crippen LogP contribution in [0.25, 0.3) is 11.4 Å². The fourth-order valence-electron chi connectivity index (χ4n) is 1.83. The predicted octanol–water partition coefficient (Wildman–Crippen LogP) is 2.09. The zero-order valence-electron chi connectivity index (χ0n) is 8.71. The Hall–Kier alpha value is -1.97. The standard InChI is InChI=1S/C12H11N3O/c16-8-9-7-14-15(10-4-5-10)12(9)11-3-1-2-6-13-11/h1-3,6-8,10H,4-5H2. The van der Waals surface area contributed by atoms with Gasteiger partial charge in [0.2, 0.25) is 0 Å². The van der Waals surface area contributed by atoms with Crippen LogP contribution >= 0.6 is 0 Å². The average Bonchev–Trinajstić information content (AvgIpc) is 3.09. The molecule has 2 aromatic heterocycles. The Balaban J connectivity index is 2.16. The highest BCUT2D eigenvalue weighted by Crippen LogP contribution is 2.38. The molecule has 2 aromatic rings. The molecule has 2 heterocycles. The lowest BCUT2D eigenvalue weighted by atomic mass is 10.2. The van der Waals surface area contributed by atoms with Crippen molar-refractivity contribution in [2.24, 2.45) is 0 Å². The van der Waals surface area contributed by atoms with E-state index >= 15 is 0 Å². The summed E-state index contributed by atoms with van der Waals surface area (Å²) in [6.45, 7) is 0. The van der Waals surface area contributed by atoms with E-state index in [4.69, 9.17) is 0 Å². The van der Waals surface area contributed by atoms with Gasteiger partial charge in [0.15, 0.2) is 6.29 Å². The van der Waals surface area contributed by atoms with Crippen LogP contribution < -0.4 is 0 Å². The summed E-state index contributed by atoms with van der Waals surface area (Å²) in [6.07, 6.45) is 6.47. The molecule has 0 amide bonds. The van der Waals surface area contributed by atoms with Crippen LogP contribution in [-0.2, 0) is 0 Å². The van der Waals surface area contributed by atoms with E-state index in [1.54, 1.807) is 12.4 Å². The third kappa shape index (κ3) is 1.43. The van der Waals surface area contributed by atoms with E-state index in [-0.39, 0.29) is 0 Å². The molecule has 0 aliphatic heterocycles. The molecule has 4 heteroatoms. The summed E-state index contributed by atoms with van der Waals surface area (Å²) < 4.78 is 1.92. The molecule has 0 aromatic carbocycles. The number of aldehydes is 1. The molecule has 1 aliphatic rings. The van der Waals surface area contributed by atoms with E-state index in [1.807, 2.05) is 22.9 Å². The highest BCUT2D eigenvalue weighted by Gasteiger charge is 2.28. The van der Waals surface area contributed by atoms with Crippen molar-refractivity contribution < 1.29 is 4.79 Å². The molecule has 0 atom stereocenters. The van der Waals surface area contributed by atoms with Gasteiger partial charge in [-0.3, -0.25) is 14.5 Å². The Kier molecular flexibility index (Phi) is 2.06. The summed E-state index contributed by atoms with van der Waals surface area (Å²) in [5.74, 6) is 0. The zero-order chi connectivity index (χ0) is 11.0. The van der Waals surface area contributed by atoms with Crippen LogP contribution in [0.2, 0.25) is 0 Å². The van der Waals surface area contributed by atoms with Crippen molar-refractivity contribution >= 4 is 6.29 Å². The van der Waals surface area contributed by atoms with E-state index in [0.717, 1.165) is 30.5 Å². The van der Waals surface area contributed by atoms with Crippen molar-refractivity contribution in [1.29, 1.82) is 0 Å². The first-order valence-electron chi connectivity index (χ1n) is 5.34. The number of aromatic nitrogens is 3. The molecule has 1 fully saturated rings. The second-order valence-corrected chi connectivity index (χ2v) is 3.96. The molecule has 1 saturated carbocycles. The summed E-state index contributed by atoms with van der Waals surface area (Å²) in [7, 11) is 0. The van der Waals surface area contributed by atoms with E-state index in [1.165, 1.54) is 0 Å². The van der Waals surface area contributed by atoms with E-state index in [9.17, 15) is 4.79 Å². The minimum absolute atomic E-state index is 0.450. The SMILES string of the molecule is O=Cc1cnn(C2CC2)c1-c1ccccn1. The van der Waals surface area contributed by atoms with Gasteiger partial charge in [0.1, 0.15) is 0 Å². The van der Waals surface area contributed by atoms with Crippen molar-refractivity contribution in [2.75, 3.05) is 0 Å². The van der Waals surface area contributed by atoms with Crippen LogP contribution in [0.15, 0.2) is 30.6 Å². The maximum atomic E-state index is 11.0. The van der Waals surface area contributed by atoms with E-state index < -0.39 is 0 Å². The van der Waals surface area contributed by atoms with Crippen LogP contribution in [0.1, 0.15) is 29.2 Å². The Morgan fingerprint density at radius 1 is 1.38 bits per heavy atom. The zero-order valence-corrected chi connectivity index (χ0v) is 8.71. The topological polar surface area (TPSA) is 47.8 Å². The van der Waals surface area contributed by atoms with Gasteiger partial charge < -0.3 is 0 Å². The monoisotopic (exact) mass is 213 g/mol. The maximum Gasteiger partial charge on any atom is 0.153 e. The van der Waals surface area contributed by atoms with Crippen LogP contribution in [0.3, 0.4) is 0 Å². The molecule has 3 rings (SSSR count). The van der Waals surface area contributed by atoms with Crippen molar-refractivity contribution in [3.05, 3.63) is 36.2 Å². The number of nitrogens with zero attached hydrogens (tertiary/aromatic N) is 3. The van der Waals surface area contributed by atoms with Crippen LogP contribution in [0, 0.1) is 0 Å². The average molecular weight is 213 g/mol. The lowest BCUT2D eigenvalue weighted by molar-refractivity contribution is 0.112. The van der Waals surface area contributed by atoms with Crippen LogP contribution in [0.5, 0.6) is 0 Å². The Bertz CT molecular complexity index is 514. The summed E-state index contributed by atoms with van der Waals surface area (Å²) in [5, 5.41) is 4.27. The second-order valence-electron chi connectivity index (χ2n) is 3.96. The molecule has 0 bridgehead atoms. The molecule has 0 radical (unpaired) electrons. The highest BCUT2D eigenvalue weighted by molar-refractivity contribution is 5.84. The number of carbonyl (C=O) groups is 1. The molecule has 4 nitrogen and oxygen atoms in total. The van der Waals surface area contributed by atoms with Crippen LogP contribution in [-0.4, -0.2) is 21.1 Å². The fraction of sp³-hybridized carbons (Fsp3) is 0.250. The van der Waals surface area contributed by atoms with Gasteiger partial charge in [-0.1, -0.05) is 6.07 Å². The van der Waals surface area contributed by atoms with E-state index in [2.05, 4.69) is 10.1 Å².